The summed E-state index contributed by atoms with van der Waals surface area (Å²) in [6.45, 7) is 11.5. The minimum absolute atomic E-state index is 0.278. The molecule has 1 unspecified atom stereocenters. The molecule has 0 bridgehead atoms. The standard InChI is InChI=1S/C17H24N4/c1-11-8-13(17(3,4)9-11)12(2)21-14-6-7-19-16(14)20-10-15(21)18-5/h6-7,10-11,13,19H,2,8-9H2,1,3-5H3/t11?,13-/m1/s1. The van der Waals surface area contributed by atoms with Crippen LogP contribution in [0.2, 0.25) is 0 Å². The van der Waals surface area contributed by atoms with Crippen LogP contribution in [0, 0.1) is 17.3 Å². The molecular formula is C17H24N4. The number of hydrogen-bond donors (Lipinski definition) is 1. The average Bonchev–Trinajstić information content (AvgIpc) is 2.99. The summed E-state index contributed by atoms with van der Waals surface area (Å²) in [6, 6.07) is 2.05. The third-order valence-electron chi connectivity index (χ3n) is 4.86. The molecule has 4 nitrogen and oxygen atoms in total. The monoisotopic (exact) mass is 284 g/mol. The van der Waals surface area contributed by atoms with E-state index in [-0.39, 0.29) is 5.41 Å². The molecule has 2 heterocycles. The van der Waals surface area contributed by atoms with Gasteiger partial charge in [-0.2, -0.15) is 0 Å². The molecule has 0 radical (unpaired) electrons. The molecule has 2 aromatic heterocycles. The van der Waals surface area contributed by atoms with Crippen molar-refractivity contribution in [3.8, 4) is 0 Å². The van der Waals surface area contributed by atoms with Gasteiger partial charge < -0.3 is 4.98 Å². The van der Waals surface area contributed by atoms with Crippen molar-refractivity contribution in [1.29, 1.82) is 0 Å². The first-order valence-electron chi connectivity index (χ1n) is 7.61. The van der Waals surface area contributed by atoms with Crippen molar-refractivity contribution in [2.45, 2.75) is 33.6 Å². The summed E-state index contributed by atoms with van der Waals surface area (Å²) in [5.74, 6) is 1.21. The van der Waals surface area contributed by atoms with Crippen molar-refractivity contribution in [2.24, 2.45) is 22.2 Å². The first-order chi connectivity index (χ1) is 9.94. The number of allylic oxidation sites excluding steroid dienone is 1. The van der Waals surface area contributed by atoms with Crippen molar-refractivity contribution in [2.75, 3.05) is 7.05 Å². The van der Waals surface area contributed by atoms with Gasteiger partial charge in [-0.25, -0.2) is 4.98 Å². The molecule has 0 aliphatic heterocycles. The van der Waals surface area contributed by atoms with Crippen molar-refractivity contribution < 1.29 is 0 Å². The largest absolute Gasteiger partial charge is 0.345 e. The molecule has 1 aliphatic carbocycles. The van der Waals surface area contributed by atoms with Gasteiger partial charge in [-0.3, -0.25) is 9.56 Å². The topological polar surface area (TPSA) is 46.0 Å². The van der Waals surface area contributed by atoms with Gasteiger partial charge in [0.2, 0.25) is 0 Å². The zero-order chi connectivity index (χ0) is 15.2. The first kappa shape index (κ1) is 14.1. The van der Waals surface area contributed by atoms with Gasteiger partial charge in [0, 0.05) is 24.9 Å². The van der Waals surface area contributed by atoms with E-state index in [1.54, 1.807) is 0 Å². The van der Waals surface area contributed by atoms with Crippen molar-refractivity contribution >= 4 is 16.9 Å². The highest BCUT2D eigenvalue weighted by Gasteiger charge is 2.40. The molecule has 2 aromatic rings. The van der Waals surface area contributed by atoms with Crippen LogP contribution < -0.4 is 5.49 Å². The van der Waals surface area contributed by atoms with Crippen LogP contribution >= 0.6 is 0 Å². The molecule has 1 aliphatic rings. The van der Waals surface area contributed by atoms with Crippen LogP contribution in [-0.4, -0.2) is 21.6 Å². The second-order valence-electron chi connectivity index (χ2n) is 6.96. The van der Waals surface area contributed by atoms with E-state index in [4.69, 9.17) is 0 Å². The summed E-state index contributed by atoms with van der Waals surface area (Å²) in [6.07, 6.45) is 6.17. The first-order valence-corrected chi connectivity index (χ1v) is 7.61. The van der Waals surface area contributed by atoms with E-state index >= 15 is 0 Å². The van der Waals surface area contributed by atoms with E-state index in [1.165, 1.54) is 12.8 Å². The molecule has 4 heteroatoms. The lowest BCUT2D eigenvalue weighted by molar-refractivity contribution is 0.307. The maximum Gasteiger partial charge on any atom is 0.154 e. The van der Waals surface area contributed by atoms with Gasteiger partial charge in [-0.15, -0.1) is 0 Å². The summed E-state index contributed by atoms with van der Waals surface area (Å²) in [5, 5.41) is 0. The minimum Gasteiger partial charge on any atom is -0.345 e. The van der Waals surface area contributed by atoms with Crippen molar-refractivity contribution in [3.63, 3.8) is 0 Å². The normalized spacial score (nSPS) is 25.6. The fraction of sp³-hybridized carbons (Fsp3) is 0.529. The zero-order valence-corrected chi connectivity index (χ0v) is 13.3. The van der Waals surface area contributed by atoms with E-state index in [0.717, 1.165) is 28.3 Å². The molecule has 2 atom stereocenters. The molecule has 0 aromatic carbocycles. The molecule has 0 amide bonds. The van der Waals surface area contributed by atoms with Crippen molar-refractivity contribution in [3.05, 3.63) is 30.5 Å². The Hall–Kier alpha value is -1.84. The Bertz CT molecular complexity index is 747. The van der Waals surface area contributed by atoms with E-state index in [1.807, 2.05) is 25.5 Å². The second-order valence-corrected chi connectivity index (χ2v) is 6.96. The van der Waals surface area contributed by atoms with Crippen LogP contribution in [0.3, 0.4) is 0 Å². The second kappa shape index (κ2) is 4.86. The number of nitrogens with zero attached hydrogens (tertiary/aromatic N) is 3. The number of rotatable bonds is 2. The Kier molecular flexibility index (Phi) is 3.27. The van der Waals surface area contributed by atoms with E-state index in [9.17, 15) is 0 Å². The number of H-pyrrole nitrogens is 1. The lowest BCUT2D eigenvalue weighted by atomic mass is 9.80. The molecule has 1 fully saturated rings. The van der Waals surface area contributed by atoms with Crippen LogP contribution in [0.15, 0.2) is 30.0 Å². The zero-order valence-electron chi connectivity index (χ0n) is 13.3. The maximum atomic E-state index is 4.44. The Morgan fingerprint density at radius 3 is 2.90 bits per heavy atom. The Morgan fingerprint density at radius 1 is 1.52 bits per heavy atom. The van der Waals surface area contributed by atoms with E-state index in [2.05, 4.69) is 46.9 Å². The van der Waals surface area contributed by atoms with Gasteiger partial charge >= 0.3 is 0 Å². The molecule has 0 saturated heterocycles. The Morgan fingerprint density at radius 2 is 2.29 bits per heavy atom. The van der Waals surface area contributed by atoms with Gasteiger partial charge in [0.25, 0.3) is 0 Å². The Labute approximate surface area is 125 Å². The highest BCUT2D eigenvalue weighted by atomic mass is 15.1. The quantitative estimate of drug-likeness (QED) is 0.902. The minimum atomic E-state index is 0.278. The maximum absolute atomic E-state index is 4.44. The lowest BCUT2D eigenvalue weighted by Crippen LogP contribution is -2.28. The molecule has 112 valence electrons. The van der Waals surface area contributed by atoms with Crippen LogP contribution in [0.4, 0.5) is 0 Å². The highest BCUT2D eigenvalue weighted by molar-refractivity contribution is 5.75. The number of nitrogens with one attached hydrogen (secondary N) is 1. The highest BCUT2D eigenvalue weighted by Crippen LogP contribution is 2.49. The molecule has 1 N–H and O–H groups in total. The van der Waals surface area contributed by atoms with Gasteiger partial charge in [0.05, 0.1) is 11.7 Å². The third-order valence-corrected chi connectivity index (χ3v) is 4.86. The molecule has 1 saturated carbocycles. The number of hydrogen-bond acceptors (Lipinski definition) is 2. The van der Waals surface area contributed by atoms with E-state index in [0.29, 0.717) is 5.92 Å². The lowest BCUT2D eigenvalue weighted by Gasteiger charge is -2.30. The summed E-state index contributed by atoms with van der Waals surface area (Å²) < 4.78 is 2.17. The smallest absolute Gasteiger partial charge is 0.154 e. The number of aromatic amines is 1. The Balaban J connectivity index is 2.16. The fourth-order valence-electron chi connectivity index (χ4n) is 3.99. The third kappa shape index (κ3) is 2.23. The van der Waals surface area contributed by atoms with E-state index < -0.39 is 0 Å². The summed E-state index contributed by atoms with van der Waals surface area (Å²) >= 11 is 0. The van der Waals surface area contributed by atoms with Gasteiger partial charge in [0.1, 0.15) is 0 Å². The summed E-state index contributed by atoms with van der Waals surface area (Å²) in [5.41, 5.74) is 4.21. The van der Waals surface area contributed by atoms with Gasteiger partial charge in [-0.1, -0.05) is 27.4 Å². The summed E-state index contributed by atoms with van der Waals surface area (Å²) in [4.78, 5) is 12.0. The van der Waals surface area contributed by atoms with Crippen LogP contribution in [0.1, 0.15) is 33.6 Å². The molecule has 0 spiro atoms. The average molecular weight is 284 g/mol. The predicted molar refractivity (Wildman–Crippen MR) is 86.6 cm³/mol. The molecular weight excluding hydrogens is 260 g/mol. The van der Waals surface area contributed by atoms with Crippen molar-refractivity contribution in [1.82, 2.24) is 14.5 Å². The van der Waals surface area contributed by atoms with Crippen LogP contribution in [-0.2, 0) is 0 Å². The number of fused-ring (bicyclic) bond motifs is 1. The molecule has 21 heavy (non-hydrogen) atoms. The van der Waals surface area contributed by atoms with Crippen LogP contribution in [0.5, 0.6) is 0 Å². The van der Waals surface area contributed by atoms with Crippen LogP contribution in [0.25, 0.3) is 16.9 Å². The SMILES string of the molecule is C=C([C@H]1CC(C)CC1(C)C)n1c(=NC)cnc2[nH]ccc21. The predicted octanol–water partition coefficient (Wildman–Crippen LogP) is 3.44. The van der Waals surface area contributed by atoms with Gasteiger partial charge in [-0.05, 0) is 30.2 Å². The fourth-order valence-corrected chi connectivity index (χ4v) is 3.99. The molecule has 3 rings (SSSR count). The number of aromatic nitrogens is 3. The van der Waals surface area contributed by atoms with Gasteiger partial charge in [0.15, 0.2) is 11.1 Å². The summed E-state index contributed by atoms with van der Waals surface area (Å²) in [7, 11) is 1.81.